The molecule has 0 bridgehead atoms. The van der Waals surface area contributed by atoms with Crippen molar-refractivity contribution in [2.45, 2.75) is 45.1 Å². The highest BCUT2D eigenvalue weighted by Gasteiger charge is 2.30. The summed E-state index contributed by atoms with van der Waals surface area (Å²) >= 11 is 0. The molecule has 108 valence electrons. The van der Waals surface area contributed by atoms with Gasteiger partial charge < -0.3 is 10.5 Å². The van der Waals surface area contributed by atoms with Crippen LogP contribution in [0.5, 0.6) is 0 Å². The Balaban J connectivity index is 1.67. The van der Waals surface area contributed by atoms with Gasteiger partial charge in [0, 0.05) is 18.5 Å². The first-order valence-electron chi connectivity index (χ1n) is 7.83. The van der Waals surface area contributed by atoms with Crippen LogP contribution in [0.4, 0.5) is 0 Å². The molecule has 0 radical (unpaired) electrons. The molecule has 1 saturated carbocycles. The molecule has 1 heterocycles. The van der Waals surface area contributed by atoms with Crippen molar-refractivity contribution in [3.63, 3.8) is 0 Å². The molecule has 2 fully saturated rings. The average Bonchev–Trinajstić information content (AvgIpc) is 3.16. The van der Waals surface area contributed by atoms with Gasteiger partial charge in [0.05, 0.1) is 6.61 Å². The molecule has 2 N–H and O–H groups in total. The first kappa shape index (κ1) is 14.8. The van der Waals surface area contributed by atoms with Gasteiger partial charge >= 0.3 is 0 Å². The largest absolute Gasteiger partial charge is 0.367 e. The van der Waals surface area contributed by atoms with Gasteiger partial charge in [0.2, 0.25) is 0 Å². The second-order valence-electron chi connectivity index (χ2n) is 5.91. The van der Waals surface area contributed by atoms with E-state index in [0.29, 0.717) is 18.6 Å². The maximum absolute atomic E-state index is 5.75. The number of nitrogens with zero attached hydrogens (tertiary/aromatic N) is 1. The third kappa shape index (κ3) is 5.14. The standard InChI is InChI=1S/C16H28N2O/c1-2-14-11-16(18(12-14)9-4-8-17)13-19-10-3-5-15-6-7-15/h14-16H,2,4,6-13,17H2,1H3. The predicted molar refractivity (Wildman–Crippen MR) is 78.7 cm³/mol. The highest BCUT2D eigenvalue weighted by atomic mass is 16.5. The van der Waals surface area contributed by atoms with Gasteiger partial charge in [0.25, 0.3) is 0 Å². The Morgan fingerprint density at radius 1 is 1.37 bits per heavy atom. The van der Waals surface area contributed by atoms with Crippen LogP contribution >= 0.6 is 0 Å². The minimum absolute atomic E-state index is 0.583. The summed E-state index contributed by atoms with van der Waals surface area (Å²) in [6, 6.07) is 0.583. The molecule has 3 heteroatoms. The fourth-order valence-corrected chi connectivity index (χ4v) is 2.79. The maximum Gasteiger partial charge on any atom is 0.107 e. The third-order valence-corrected chi connectivity index (χ3v) is 4.21. The summed E-state index contributed by atoms with van der Waals surface area (Å²) < 4.78 is 5.75. The lowest BCUT2D eigenvalue weighted by Gasteiger charge is -2.23. The highest BCUT2D eigenvalue weighted by molar-refractivity contribution is 5.09. The van der Waals surface area contributed by atoms with Crippen molar-refractivity contribution in [3.8, 4) is 11.8 Å². The number of ether oxygens (including phenoxy) is 1. The fourth-order valence-electron chi connectivity index (χ4n) is 2.79. The van der Waals surface area contributed by atoms with Gasteiger partial charge in [-0.15, -0.1) is 0 Å². The van der Waals surface area contributed by atoms with Gasteiger partial charge in [-0.3, -0.25) is 4.90 Å². The maximum atomic E-state index is 5.75. The molecule has 1 aliphatic heterocycles. The van der Waals surface area contributed by atoms with E-state index in [1.807, 2.05) is 0 Å². The lowest BCUT2D eigenvalue weighted by Crippen LogP contribution is -2.34. The van der Waals surface area contributed by atoms with Crippen molar-refractivity contribution < 1.29 is 4.74 Å². The summed E-state index contributed by atoms with van der Waals surface area (Å²) in [6.45, 7) is 6.85. The summed E-state index contributed by atoms with van der Waals surface area (Å²) in [6.07, 6.45) is 6.23. The zero-order valence-electron chi connectivity index (χ0n) is 12.2. The van der Waals surface area contributed by atoms with Gasteiger partial charge in [-0.1, -0.05) is 25.2 Å². The summed E-state index contributed by atoms with van der Waals surface area (Å²) in [4.78, 5) is 2.56. The zero-order chi connectivity index (χ0) is 13.5. The predicted octanol–water partition coefficient (Wildman–Crippen LogP) is 1.87. The first-order chi connectivity index (χ1) is 9.33. The molecule has 2 aliphatic rings. The molecule has 0 aromatic rings. The normalized spacial score (nSPS) is 27.3. The van der Waals surface area contributed by atoms with Crippen LogP contribution in [0, 0.1) is 23.7 Å². The summed E-state index contributed by atoms with van der Waals surface area (Å²) in [5.41, 5.74) is 5.62. The van der Waals surface area contributed by atoms with Crippen LogP contribution in [0.15, 0.2) is 0 Å². The van der Waals surface area contributed by atoms with E-state index in [1.165, 1.54) is 32.2 Å². The Morgan fingerprint density at radius 3 is 2.89 bits per heavy atom. The second-order valence-corrected chi connectivity index (χ2v) is 5.91. The lowest BCUT2D eigenvalue weighted by molar-refractivity contribution is 0.0969. The number of hydrogen-bond acceptors (Lipinski definition) is 3. The zero-order valence-corrected chi connectivity index (χ0v) is 12.2. The van der Waals surface area contributed by atoms with Crippen molar-refractivity contribution in [1.29, 1.82) is 0 Å². The van der Waals surface area contributed by atoms with Crippen LogP contribution in [-0.4, -0.2) is 43.8 Å². The Bertz CT molecular complexity index is 316. The minimum Gasteiger partial charge on any atom is -0.367 e. The SMILES string of the molecule is CCC1CC(COCC#CC2CC2)N(CCCN)C1. The minimum atomic E-state index is 0.583. The molecule has 19 heavy (non-hydrogen) atoms. The molecular formula is C16H28N2O. The number of hydrogen-bond donors (Lipinski definition) is 1. The van der Waals surface area contributed by atoms with Crippen molar-refractivity contribution in [2.24, 2.45) is 17.6 Å². The molecule has 0 aromatic heterocycles. The molecule has 3 nitrogen and oxygen atoms in total. The summed E-state index contributed by atoms with van der Waals surface area (Å²) in [5, 5.41) is 0. The Hall–Kier alpha value is -0.560. The van der Waals surface area contributed by atoms with E-state index in [2.05, 4.69) is 23.7 Å². The molecule has 2 unspecified atom stereocenters. The molecule has 0 spiro atoms. The fraction of sp³-hybridized carbons (Fsp3) is 0.875. The van der Waals surface area contributed by atoms with Gasteiger partial charge in [0.15, 0.2) is 0 Å². The van der Waals surface area contributed by atoms with E-state index in [0.717, 1.165) is 32.0 Å². The number of rotatable bonds is 7. The molecule has 0 amide bonds. The van der Waals surface area contributed by atoms with Crippen molar-refractivity contribution in [1.82, 2.24) is 4.90 Å². The van der Waals surface area contributed by atoms with E-state index in [-0.39, 0.29) is 0 Å². The van der Waals surface area contributed by atoms with Crippen LogP contribution in [0.3, 0.4) is 0 Å². The summed E-state index contributed by atoms with van der Waals surface area (Å²) in [5.74, 6) is 7.90. The molecular weight excluding hydrogens is 236 g/mol. The second kappa shape index (κ2) is 7.89. The van der Waals surface area contributed by atoms with Gasteiger partial charge in [-0.2, -0.15) is 0 Å². The van der Waals surface area contributed by atoms with Gasteiger partial charge in [-0.05, 0) is 44.7 Å². The molecule has 2 rings (SSSR count). The Morgan fingerprint density at radius 2 is 2.21 bits per heavy atom. The molecule has 2 atom stereocenters. The smallest absolute Gasteiger partial charge is 0.107 e. The van der Waals surface area contributed by atoms with E-state index in [4.69, 9.17) is 10.5 Å². The van der Waals surface area contributed by atoms with E-state index < -0.39 is 0 Å². The monoisotopic (exact) mass is 264 g/mol. The van der Waals surface area contributed by atoms with Crippen LogP contribution in [0.2, 0.25) is 0 Å². The van der Waals surface area contributed by atoms with Crippen LogP contribution in [-0.2, 0) is 4.74 Å². The van der Waals surface area contributed by atoms with Crippen LogP contribution in [0.1, 0.15) is 39.0 Å². The van der Waals surface area contributed by atoms with Crippen molar-refractivity contribution in [2.75, 3.05) is 32.8 Å². The molecule has 1 aliphatic carbocycles. The summed E-state index contributed by atoms with van der Waals surface area (Å²) in [7, 11) is 0. The topological polar surface area (TPSA) is 38.5 Å². The third-order valence-electron chi connectivity index (χ3n) is 4.21. The van der Waals surface area contributed by atoms with E-state index >= 15 is 0 Å². The lowest BCUT2D eigenvalue weighted by atomic mass is 10.0. The highest BCUT2D eigenvalue weighted by Crippen LogP contribution is 2.27. The van der Waals surface area contributed by atoms with Crippen LogP contribution in [0.25, 0.3) is 0 Å². The quantitative estimate of drug-likeness (QED) is 0.563. The van der Waals surface area contributed by atoms with Crippen LogP contribution < -0.4 is 5.73 Å². The Labute approximate surface area is 117 Å². The van der Waals surface area contributed by atoms with E-state index in [1.54, 1.807) is 0 Å². The molecule has 0 aromatic carbocycles. The Kier molecular flexibility index (Phi) is 6.16. The van der Waals surface area contributed by atoms with Crippen molar-refractivity contribution in [3.05, 3.63) is 0 Å². The first-order valence-corrected chi connectivity index (χ1v) is 7.83. The molecule has 1 saturated heterocycles. The van der Waals surface area contributed by atoms with Gasteiger partial charge in [0.1, 0.15) is 6.61 Å². The van der Waals surface area contributed by atoms with Gasteiger partial charge in [-0.25, -0.2) is 0 Å². The number of nitrogens with two attached hydrogens (primary N) is 1. The van der Waals surface area contributed by atoms with E-state index in [9.17, 15) is 0 Å². The van der Waals surface area contributed by atoms with Crippen molar-refractivity contribution >= 4 is 0 Å². The average molecular weight is 264 g/mol. The number of likely N-dealkylation sites (tertiary alicyclic amines) is 1.